The van der Waals surface area contributed by atoms with Gasteiger partial charge < -0.3 is 10.6 Å². The van der Waals surface area contributed by atoms with Crippen molar-refractivity contribution >= 4 is 46.2 Å². The van der Waals surface area contributed by atoms with E-state index in [1.54, 1.807) is 18.2 Å². The molecule has 0 spiro atoms. The van der Waals surface area contributed by atoms with Gasteiger partial charge in [-0.3, -0.25) is 0 Å². The van der Waals surface area contributed by atoms with Crippen molar-refractivity contribution < 1.29 is 0 Å². The molecule has 1 unspecified atom stereocenters. The van der Waals surface area contributed by atoms with Crippen LogP contribution in [0.2, 0.25) is 10.0 Å². The summed E-state index contributed by atoms with van der Waals surface area (Å²) in [7, 11) is 0. The van der Waals surface area contributed by atoms with Crippen molar-refractivity contribution in [3.8, 4) is 0 Å². The fourth-order valence-electron chi connectivity index (χ4n) is 1.21. The van der Waals surface area contributed by atoms with Crippen LogP contribution in [0.3, 0.4) is 0 Å². The summed E-state index contributed by atoms with van der Waals surface area (Å²) in [4.78, 5) is 0. The molecule has 0 amide bonds. The van der Waals surface area contributed by atoms with Crippen LogP contribution in [-0.4, -0.2) is 11.2 Å². The predicted molar refractivity (Wildman–Crippen MR) is 84.7 cm³/mol. The third kappa shape index (κ3) is 5.01. The first-order valence-corrected chi connectivity index (χ1v) is 6.88. The number of benzene rings is 1. The molecule has 5 heteroatoms. The van der Waals surface area contributed by atoms with E-state index in [2.05, 4.69) is 38.3 Å². The minimum absolute atomic E-state index is 0.137. The summed E-state index contributed by atoms with van der Waals surface area (Å²) in [5.41, 5.74) is 0.920. The second kappa shape index (κ2) is 6.09. The Kier molecular flexibility index (Phi) is 5.26. The van der Waals surface area contributed by atoms with Gasteiger partial charge in [-0.15, -0.1) is 0 Å². The van der Waals surface area contributed by atoms with Gasteiger partial charge >= 0.3 is 0 Å². The minimum atomic E-state index is 0.137. The van der Waals surface area contributed by atoms with E-state index < -0.39 is 0 Å². The zero-order valence-electron chi connectivity index (χ0n) is 11.0. The molecule has 1 aromatic carbocycles. The molecule has 0 heterocycles. The molecule has 1 rings (SSSR count). The molecule has 1 atom stereocenters. The number of anilines is 1. The molecule has 0 bridgehead atoms. The monoisotopic (exact) mass is 304 g/mol. The zero-order valence-corrected chi connectivity index (χ0v) is 13.3. The first-order chi connectivity index (χ1) is 8.18. The van der Waals surface area contributed by atoms with E-state index in [1.807, 2.05) is 0 Å². The number of halogens is 2. The molecule has 2 N–H and O–H groups in total. The molecule has 0 aliphatic rings. The lowest BCUT2D eigenvalue weighted by Crippen LogP contribution is -2.43. The van der Waals surface area contributed by atoms with Crippen LogP contribution in [0.4, 0.5) is 5.69 Å². The highest BCUT2D eigenvalue weighted by Crippen LogP contribution is 2.23. The van der Waals surface area contributed by atoms with Crippen molar-refractivity contribution in [3.63, 3.8) is 0 Å². The van der Waals surface area contributed by atoms with Gasteiger partial charge in [-0.1, -0.05) is 44.0 Å². The molecular weight excluding hydrogens is 287 g/mol. The van der Waals surface area contributed by atoms with Gasteiger partial charge in [0.05, 0.1) is 0 Å². The lowest BCUT2D eigenvalue weighted by Gasteiger charge is -2.29. The van der Waals surface area contributed by atoms with Crippen LogP contribution in [-0.2, 0) is 0 Å². The van der Waals surface area contributed by atoms with E-state index in [9.17, 15) is 0 Å². The van der Waals surface area contributed by atoms with Crippen LogP contribution >= 0.6 is 35.4 Å². The van der Waals surface area contributed by atoms with Crippen molar-refractivity contribution in [2.24, 2.45) is 5.41 Å². The minimum Gasteiger partial charge on any atom is -0.359 e. The fourth-order valence-corrected chi connectivity index (χ4v) is 2.03. The fraction of sp³-hybridized carbons (Fsp3) is 0.462. The van der Waals surface area contributed by atoms with Gasteiger partial charge in [0, 0.05) is 21.8 Å². The average Bonchev–Trinajstić information content (AvgIpc) is 2.13. The van der Waals surface area contributed by atoms with Gasteiger partial charge in [-0.25, -0.2) is 0 Å². The molecule has 100 valence electrons. The number of thiocarbonyl (C=S) groups is 1. The summed E-state index contributed by atoms with van der Waals surface area (Å²) in [5.74, 6) is 0. The Morgan fingerprint density at radius 2 is 1.67 bits per heavy atom. The molecule has 0 aliphatic carbocycles. The molecule has 18 heavy (non-hydrogen) atoms. The summed E-state index contributed by atoms with van der Waals surface area (Å²) in [6.45, 7) is 8.57. The number of hydrogen-bond acceptors (Lipinski definition) is 1. The standard InChI is InChI=1S/C13H18Cl2N2S/c1-8(13(2,3)4)16-12(18)17-11-6-9(14)5-10(15)7-11/h5-8H,1-4H3,(H2,16,17,18). The second-order valence-corrected chi connectivity index (χ2v) is 6.63. The normalized spacial score (nSPS) is 13.0. The molecule has 0 fully saturated rings. The van der Waals surface area contributed by atoms with Crippen LogP contribution in [0.25, 0.3) is 0 Å². The number of rotatable bonds is 2. The summed E-state index contributed by atoms with van der Waals surface area (Å²) in [5, 5.41) is 8.05. The molecule has 0 aromatic heterocycles. The molecule has 1 aromatic rings. The molecule has 0 saturated heterocycles. The quantitative estimate of drug-likeness (QED) is 0.774. The van der Waals surface area contributed by atoms with E-state index in [0.29, 0.717) is 15.2 Å². The van der Waals surface area contributed by atoms with Crippen molar-refractivity contribution in [1.29, 1.82) is 0 Å². The molecule has 0 radical (unpaired) electrons. The van der Waals surface area contributed by atoms with Crippen molar-refractivity contribution in [3.05, 3.63) is 28.2 Å². The van der Waals surface area contributed by atoms with Gasteiger partial charge in [0.15, 0.2) is 5.11 Å². The second-order valence-electron chi connectivity index (χ2n) is 5.34. The van der Waals surface area contributed by atoms with Crippen molar-refractivity contribution in [2.45, 2.75) is 33.7 Å². The van der Waals surface area contributed by atoms with Crippen molar-refractivity contribution in [1.82, 2.24) is 5.32 Å². The van der Waals surface area contributed by atoms with Crippen LogP contribution in [0.15, 0.2) is 18.2 Å². The van der Waals surface area contributed by atoms with Gasteiger partial charge in [-0.05, 0) is 42.8 Å². The first kappa shape index (κ1) is 15.5. The Hall–Kier alpha value is -0.510. The lowest BCUT2D eigenvalue weighted by atomic mass is 9.88. The highest BCUT2D eigenvalue weighted by molar-refractivity contribution is 7.80. The SMILES string of the molecule is CC(NC(=S)Nc1cc(Cl)cc(Cl)c1)C(C)(C)C. The van der Waals surface area contributed by atoms with Crippen LogP contribution < -0.4 is 10.6 Å². The average molecular weight is 305 g/mol. The van der Waals surface area contributed by atoms with Gasteiger partial charge in [-0.2, -0.15) is 0 Å². The van der Waals surface area contributed by atoms with Gasteiger partial charge in [0.25, 0.3) is 0 Å². The highest BCUT2D eigenvalue weighted by atomic mass is 35.5. The highest BCUT2D eigenvalue weighted by Gasteiger charge is 2.20. The van der Waals surface area contributed by atoms with E-state index in [1.165, 1.54) is 0 Å². The maximum atomic E-state index is 5.92. The maximum Gasteiger partial charge on any atom is 0.171 e. The molecular formula is C13H18Cl2N2S. The summed E-state index contributed by atoms with van der Waals surface area (Å²) in [6, 6.07) is 5.50. The molecule has 0 saturated carbocycles. The van der Waals surface area contributed by atoms with E-state index in [0.717, 1.165) is 5.69 Å². The van der Waals surface area contributed by atoms with Crippen LogP contribution in [0, 0.1) is 5.41 Å². The zero-order chi connectivity index (χ0) is 13.9. The van der Waals surface area contributed by atoms with Gasteiger partial charge in [0.1, 0.15) is 0 Å². The van der Waals surface area contributed by atoms with Crippen molar-refractivity contribution in [2.75, 3.05) is 5.32 Å². The Balaban J connectivity index is 2.65. The predicted octanol–water partition coefficient (Wildman–Crippen LogP) is 4.71. The van der Waals surface area contributed by atoms with E-state index in [-0.39, 0.29) is 11.5 Å². The summed E-state index contributed by atoms with van der Waals surface area (Å²) < 4.78 is 0. The first-order valence-electron chi connectivity index (χ1n) is 5.72. The largest absolute Gasteiger partial charge is 0.359 e. The molecule has 0 aliphatic heterocycles. The number of hydrogen-bond donors (Lipinski definition) is 2. The third-order valence-corrected chi connectivity index (χ3v) is 3.42. The smallest absolute Gasteiger partial charge is 0.171 e. The van der Waals surface area contributed by atoms with E-state index in [4.69, 9.17) is 35.4 Å². The third-order valence-electron chi connectivity index (χ3n) is 2.77. The van der Waals surface area contributed by atoms with Gasteiger partial charge in [0.2, 0.25) is 0 Å². The lowest BCUT2D eigenvalue weighted by molar-refractivity contribution is 0.317. The number of nitrogens with one attached hydrogen (secondary N) is 2. The Bertz CT molecular complexity index is 421. The Labute approximate surface area is 124 Å². The van der Waals surface area contributed by atoms with Crippen LogP contribution in [0.5, 0.6) is 0 Å². The Morgan fingerprint density at radius 3 is 2.11 bits per heavy atom. The topological polar surface area (TPSA) is 24.1 Å². The maximum absolute atomic E-state index is 5.92. The Morgan fingerprint density at radius 1 is 1.17 bits per heavy atom. The summed E-state index contributed by atoms with van der Waals surface area (Å²) in [6.07, 6.45) is 0. The van der Waals surface area contributed by atoms with Crippen LogP contribution in [0.1, 0.15) is 27.7 Å². The summed E-state index contributed by atoms with van der Waals surface area (Å²) >= 11 is 17.1. The van der Waals surface area contributed by atoms with E-state index >= 15 is 0 Å². The molecule has 2 nitrogen and oxygen atoms in total.